The van der Waals surface area contributed by atoms with Crippen molar-refractivity contribution in [3.8, 4) is 11.5 Å². The van der Waals surface area contributed by atoms with Crippen LogP contribution in [0.15, 0.2) is 53.2 Å². The number of benzene rings is 2. The second-order valence-corrected chi connectivity index (χ2v) is 8.25. The monoisotopic (exact) mass is 422 g/mol. The van der Waals surface area contributed by atoms with Gasteiger partial charge in [0.25, 0.3) is 5.91 Å². The van der Waals surface area contributed by atoms with Crippen LogP contribution < -0.4 is 14.4 Å². The van der Waals surface area contributed by atoms with Gasteiger partial charge in [-0.25, -0.2) is 4.99 Å². The number of carbonyl (C=O) groups excluding carboxylic acids is 2. The SMILES string of the molecule is Cc1ccc(N2C(=O)/C(=C\c3ccc4c(c3)OCO4)N=C2S[C@H]2CCOC2=O)cc1. The number of carbonyl (C=O) groups is 2. The lowest BCUT2D eigenvalue weighted by molar-refractivity contribution is -0.137. The number of esters is 1. The van der Waals surface area contributed by atoms with Crippen molar-refractivity contribution in [2.24, 2.45) is 4.99 Å². The molecule has 1 amide bonds. The molecule has 0 unspecified atom stereocenters. The Balaban J connectivity index is 1.50. The van der Waals surface area contributed by atoms with Gasteiger partial charge >= 0.3 is 5.97 Å². The molecule has 3 aliphatic rings. The van der Waals surface area contributed by atoms with Crippen LogP contribution in [0.25, 0.3) is 6.08 Å². The van der Waals surface area contributed by atoms with Crippen LogP contribution in [-0.4, -0.2) is 35.7 Å². The maximum atomic E-state index is 13.3. The van der Waals surface area contributed by atoms with E-state index in [4.69, 9.17) is 14.2 Å². The third kappa shape index (κ3) is 3.43. The number of ether oxygens (including phenoxy) is 3. The molecule has 0 saturated carbocycles. The zero-order chi connectivity index (χ0) is 20.7. The predicted octanol–water partition coefficient (Wildman–Crippen LogP) is 3.52. The van der Waals surface area contributed by atoms with Crippen LogP contribution in [0.1, 0.15) is 17.5 Å². The fourth-order valence-corrected chi connectivity index (χ4v) is 4.45. The number of amidine groups is 1. The molecule has 0 N–H and O–H groups in total. The minimum absolute atomic E-state index is 0.186. The van der Waals surface area contributed by atoms with Crippen LogP contribution in [0.5, 0.6) is 11.5 Å². The molecule has 1 saturated heterocycles. The van der Waals surface area contributed by atoms with E-state index >= 15 is 0 Å². The molecule has 1 atom stereocenters. The minimum Gasteiger partial charge on any atom is -0.465 e. The molecule has 0 aliphatic carbocycles. The molecule has 30 heavy (non-hydrogen) atoms. The van der Waals surface area contributed by atoms with Gasteiger partial charge in [-0.05, 0) is 42.8 Å². The Morgan fingerprint density at radius 2 is 1.87 bits per heavy atom. The first-order chi connectivity index (χ1) is 14.6. The molecule has 3 heterocycles. The molecule has 2 aromatic carbocycles. The van der Waals surface area contributed by atoms with Gasteiger partial charge in [-0.3, -0.25) is 14.5 Å². The van der Waals surface area contributed by atoms with Crippen molar-refractivity contribution in [1.82, 2.24) is 0 Å². The summed E-state index contributed by atoms with van der Waals surface area (Å²) >= 11 is 1.26. The lowest BCUT2D eigenvalue weighted by Gasteiger charge is -2.19. The van der Waals surface area contributed by atoms with E-state index in [1.165, 1.54) is 11.8 Å². The fourth-order valence-electron chi connectivity index (χ4n) is 3.37. The Labute approximate surface area is 177 Å². The number of hydrogen-bond donors (Lipinski definition) is 0. The number of cyclic esters (lactones) is 1. The summed E-state index contributed by atoms with van der Waals surface area (Å²) in [6.07, 6.45) is 2.31. The van der Waals surface area contributed by atoms with Crippen LogP contribution in [0, 0.1) is 6.92 Å². The lowest BCUT2D eigenvalue weighted by atomic mass is 10.1. The zero-order valence-electron chi connectivity index (χ0n) is 16.2. The molecule has 152 valence electrons. The first-order valence-corrected chi connectivity index (χ1v) is 10.4. The number of nitrogens with zero attached hydrogens (tertiary/aromatic N) is 2. The van der Waals surface area contributed by atoms with Gasteiger partial charge in [-0.2, -0.15) is 0 Å². The quantitative estimate of drug-likeness (QED) is 0.556. The fraction of sp³-hybridized carbons (Fsp3) is 0.227. The molecule has 7 nitrogen and oxygen atoms in total. The average Bonchev–Trinajstić information content (AvgIpc) is 3.44. The van der Waals surface area contributed by atoms with Crippen LogP contribution in [-0.2, 0) is 14.3 Å². The number of aryl methyl sites for hydroxylation is 1. The van der Waals surface area contributed by atoms with Gasteiger partial charge in [0, 0.05) is 6.42 Å². The third-order valence-corrected chi connectivity index (χ3v) is 6.15. The molecule has 0 radical (unpaired) electrons. The molecule has 0 bridgehead atoms. The largest absolute Gasteiger partial charge is 0.465 e. The van der Waals surface area contributed by atoms with Crippen LogP contribution >= 0.6 is 11.8 Å². The highest BCUT2D eigenvalue weighted by molar-refractivity contribution is 8.15. The highest BCUT2D eigenvalue weighted by Crippen LogP contribution is 2.36. The van der Waals surface area contributed by atoms with E-state index in [0.29, 0.717) is 41.1 Å². The molecular weight excluding hydrogens is 404 g/mol. The van der Waals surface area contributed by atoms with Crippen molar-refractivity contribution in [3.63, 3.8) is 0 Å². The standard InChI is InChI=1S/C22H18N2O5S/c1-13-2-5-15(6-3-13)24-20(25)16(23-22(24)30-19-8-9-27-21(19)26)10-14-4-7-17-18(11-14)29-12-28-17/h2-7,10-11,19H,8-9,12H2,1H3/b16-10+/t19-/m0/s1. The Morgan fingerprint density at radius 1 is 1.07 bits per heavy atom. The molecule has 5 rings (SSSR count). The van der Waals surface area contributed by atoms with Crippen molar-refractivity contribution in [1.29, 1.82) is 0 Å². The molecule has 2 aromatic rings. The van der Waals surface area contributed by atoms with E-state index in [-0.39, 0.29) is 23.9 Å². The molecule has 1 fully saturated rings. The van der Waals surface area contributed by atoms with Crippen LogP contribution in [0.3, 0.4) is 0 Å². The van der Waals surface area contributed by atoms with Crippen molar-refractivity contribution < 1.29 is 23.8 Å². The zero-order valence-corrected chi connectivity index (χ0v) is 17.0. The summed E-state index contributed by atoms with van der Waals surface area (Å²) in [6.45, 7) is 2.56. The van der Waals surface area contributed by atoms with Gasteiger partial charge < -0.3 is 14.2 Å². The molecule has 0 aromatic heterocycles. The van der Waals surface area contributed by atoms with Crippen LogP contribution in [0.2, 0.25) is 0 Å². The summed E-state index contributed by atoms with van der Waals surface area (Å²) in [7, 11) is 0. The smallest absolute Gasteiger partial charge is 0.319 e. The molecule has 0 spiro atoms. The topological polar surface area (TPSA) is 77.4 Å². The van der Waals surface area contributed by atoms with Crippen molar-refractivity contribution in [2.75, 3.05) is 18.3 Å². The number of thioether (sulfide) groups is 1. The first-order valence-electron chi connectivity index (χ1n) is 9.53. The Kier molecular flexibility index (Phi) is 4.71. The van der Waals surface area contributed by atoms with Gasteiger partial charge in [0.2, 0.25) is 6.79 Å². The first kappa shape index (κ1) is 18.7. The second-order valence-electron chi connectivity index (χ2n) is 7.08. The normalized spacial score (nSPS) is 21.4. The van der Waals surface area contributed by atoms with Crippen molar-refractivity contribution in [2.45, 2.75) is 18.6 Å². The van der Waals surface area contributed by atoms with Crippen molar-refractivity contribution >= 4 is 40.6 Å². The Bertz CT molecular complexity index is 1090. The highest BCUT2D eigenvalue weighted by Gasteiger charge is 2.37. The van der Waals surface area contributed by atoms with E-state index in [9.17, 15) is 9.59 Å². The van der Waals surface area contributed by atoms with E-state index in [2.05, 4.69) is 4.99 Å². The van der Waals surface area contributed by atoms with E-state index in [0.717, 1.165) is 11.1 Å². The predicted molar refractivity (Wildman–Crippen MR) is 114 cm³/mol. The number of anilines is 1. The van der Waals surface area contributed by atoms with Gasteiger partial charge in [0.1, 0.15) is 10.9 Å². The summed E-state index contributed by atoms with van der Waals surface area (Å²) in [5.74, 6) is 0.797. The Morgan fingerprint density at radius 3 is 2.63 bits per heavy atom. The minimum atomic E-state index is -0.366. The van der Waals surface area contributed by atoms with Gasteiger partial charge in [0.15, 0.2) is 16.7 Å². The van der Waals surface area contributed by atoms with Gasteiger partial charge in [0.05, 0.1) is 12.3 Å². The lowest BCUT2D eigenvalue weighted by Crippen LogP contribution is -2.32. The summed E-state index contributed by atoms with van der Waals surface area (Å²) < 4.78 is 15.8. The molecule has 8 heteroatoms. The van der Waals surface area contributed by atoms with E-state index < -0.39 is 0 Å². The number of fused-ring (bicyclic) bond motifs is 1. The summed E-state index contributed by atoms with van der Waals surface area (Å²) in [5.41, 5.74) is 2.87. The third-order valence-electron chi connectivity index (χ3n) is 4.96. The number of rotatable bonds is 3. The number of aliphatic imine (C=N–C) groups is 1. The highest BCUT2D eigenvalue weighted by atomic mass is 32.2. The number of hydrogen-bond acceptors (Lipinski definition) is 7. The van der Waals surface area contributed by atoms with Crippen molar-refractivity contribution in [3.05, 3.63) is 59.3 Å². The van der Waals surface area contributed by atoms with Crippen LogP contribution in [0.4, 0.5) is 5.69 Å². The van der Waals surface area contributed by atoms with Gasteiger partial charge in [-0.15, -0.1) is 0 Å². The molecule has 3 aliphatic heterocycles. The molecular formula is C22H18N2O5S. The summed E-state index contributed by atoms with van der Waals surface area (Å²) in [4.78, 5) is 31.3. The number of amides is 1. The Hall–Kier alpha value is -3.26. The second kappa shape index (κ2) is 7.53. The maximum Gasteiger partial charge on any atom is 0.319 e. The summed E-state index contributed by atoms with van der Waals surface area (Å²) in [6, 6.07) is 13.1. The summed E-state index contributed by atoms with van der Waals surface area (Å²) in [5, 5.41) is 0.106. The van der Waals surface area contributed by atoms with E-state index in [1.54, 1.807) is 17.0 Å². The average molecular weight is 422 g/mol. The van der Waals surface area contributed by atoms with Gasteiger partial charge in [-0.1, -0.05) is 35.5 Å². The maximum absolute atomic E-state index is 13.3. The van der Waals surface area contributed by atoms with E-state index in [1.807, 2.05) is 43.3 Å².